The Morgan fingerprint density at radius 3 is 2.68 bits per heavy atom. The molecular formula is C19H20N2O4. The summed E-state index contributed by atoms with van der Waals surface area (Å²) in [5.41, 5.74) is 0.930. The summed E-state index contributed by atoms with van der Waals surface area (Å²) in [7, 11) is 0. The van der Waals surface area contributed by atoms with Crippen LogP contribution >= 0.6 is 0 Å². The Hall–Kier alpha value is -2.89. The van der Waals surface area contributed by atoms with E-state index in [-0.39, 0.29) is 12.3 Å². The van der Waals surface area contributed by atoms with Gasteiger partial charge in [-0.05, 0) is 29.2 Å². The van der Waals surface area contributed by atoms with Crippen LogP contribution in [0.15, 0.2) is 42.5 Å². The lowest BCUT2D eigenvalue weighted by Crippen LogP contribution is -2.47. The van der Waals surface area contributed by atoms with Crippen molar-refractivity contribution in [2.24, 2.45) is 0 Å². The van der Waals surface area contributed by atoms with Crippen LogP contribution in [0.1, 0.15) is 18.4 Å². The van der Waals surface area contributed by atoms with Crippen LogP contribution in [0, 0.1) is 0 Å². The van der Waals surface area contributed by atoms with Crippen molar-refractivity contribution in [1.82, 2.24) is 10.2 Å². The molecule has 0 unspecified atom stereocenters. The van der Waals surface area contributed by atoms with Gasteiger partial charge in [0.15, 0.2) is 0 Å². The topological polar surface area (TPSA) is 86.7 Å². The summed E-state index contributed by atoms with van der Waals surface area (Å²) >= 11 is 0. The van der Waals surface area contributed by atoms with Gasteiger partial charge in [-0.3, -0.25) is 14.4 Å². The molecule has 0 spiro atoms. The average molecular weight is 340 g/mol. The van der Waals surface area contributed by atoms with Crippen molar-refractivity contribution >= 4 is 28.6 Å². The van der Waals surface area contributed by atoms with E-state index in [1.54, 1.807) is 4.90 Å². The number of carbonyl (C=O) groups excluding carboxylic acids is 2. The summed E-state index contributed by atoms with van der Waals surface area (Å²) in [6, 6.07) is 13.1. The number of hydrogen-bond donors (Lipinski definition) is 2. The quantitative estimate of drug-likeness (QED) is 0.865. The monoisotopic (exact) mass is 340 g/mol. The zero-order valence-corrected chi connectivity index (χ0v) is 13.8. The molecular weight excluding hydrogens is 320 g/mol. The minimum absolute atomic E-state index is 0.107. The number of amides is 2. The summed E-state index contributed by atoms with van der Waals surface area (Å²) in [5.74, 6) is -1.60. The normalized spacial score (nSPS) is 16.8. The minimum atomic E-state index is -1.10. The molecule has 6 nitrogen and oxygen atoms in total. The van der Waals surface area contributed by atoms with Gasteiger partial charge in [-0.2, -0.15) is 0 Å². The molecule has 1 atom stereocenters. The van der Waals surface area contributed by atoms with Crippen molar-refractivity contribution in [1.29, 1.82) is 0 Å². The Kier molecular flexibility index (Phi) is 4.97. The lowest BCUT2D eigenvalue weighted by atomic mass is 10.0. The molecule has 2 amide bonds. The highest BCUT2D eigenvalue weighted by Crippen LogP contribution is 2.22. The third kappa shape index (κ3) is 3.79. The molecule has 2 aromatic carbocycles. The van der Waals surface area contributed by atoms with Crippen LogP contribution in [-0.2, 0) is 20.8 Å². The number of nitrogens with zero attached hydrogens (tertiary/aromatic N) is 1. The summed E-state index contributed by atoms with van der Waals surface area (Å²) in [6.07, 6.45) is 1.53. The van der Waals surface area contributed by atoms with Gasteiger partial charge >= 0.3 is 5.97 Å². The molecule has 1 heterocycles. The molecule has 3 rings (SSSR count). The Balaban J connectivity index is 1.73. The van der Waals surface area contributed by atoms with Crippen molar-refractivity contribution in [2.75, 3.05) is 13.1 Å². The summed E-state index contributed by atoms with van der Waals surface area (Å²) < 4.78 is 0. The van der Waals surface area contributed by atoms with Gasteiger partial charge in [0.1, 0.15) is 12.6 Å². The van der Waals surface area contributed by atoms with Crippen LogP contribution in [0.2, 0.25) is 0 Å². The van der Waals surface area contributed by atoms with Gasteiger partial charge in [-0.25, -0.2) is 0 Å². The average Bonchev–Trinajstić information content (AvgIpc) is 3.10. The predicted octanol–water partition coefficient (Wildman–Crippen LogP) is 1.57. The zero-order chi connectivity index (χ0) is 17.8. The van der Waals surface area contributed by atoms with Crippen molar-refractivity contribution < 1.29 is 19.5 Å². The number of hydrogen-bond acceptors (Lipinski definition) is 3. The van der Waals surface area contributed by atoms with Gasteiger partial charge in [0.25, 0.3) is 0 Å². The number of nitrogens with one attached hydrogen (secondary N) is 1. The molecule has 1 aliphatic heterocycles. The third-order valence-electron chi connectivity index (χ3n) is 4.51. The number of likely N-dealkylation sites (tertiary alicyclic amines) is 1. The first-order chi connectivity index (χ1) is 12.1. The molecule has 0 bridgehead atoms. The van der Waals surface area contributed by atoms with Crippen LogP contribution in [0.4, 0.5) is 0 Å². The lowest BCUT2D eigenvalue weighted by Gasteiger charge is -2.24. The Morgan fingerprint density at radius 2 is 1.88 bits per heavy atom. The van der Waals surface area contributed by atoms with Crippen LogP contribution < -0.4 is 5.32 Å². The highest BCUT2D eigenvalue weighted by atomic mass is 16.4. The Bertz CT molecular complexity index is 813. The Morgan fingerprint density at radius 1 is 1.12 bits per heavy atom. The second kappa shape index (κ2) is 7.34. The summed E-state index contributed by atoms with van der Waals surface area (Å²) in [6.45, 7) is 0.0927. The first kappa shape index (κ1) is 17.0. The Labute approximate surface area is 145 Å². The van der Waals surface area contributed by atoms with Gasteiger partial charge in [0.2, 0.25) is 11.8 Å². The molecule has 25 heavy (non-hydrogen) atoms. The molecule has 2 N–H and O–H groups in total. The highest BCUT2D eigenvalue weighted by Gasteiger charge is 2.34. The van der Waals surface area contributed by atoms with Gasteiger partial charge in [-0.15, -0.1) is 0 Å². The maximum Gasteiger partial charge on any atom is 0.322 e. The predicted molar refractivity (Wildman–Crippen MR) is 93.0 cm³/mol. The molecule has 6 heteroatoms. The number of fused-ring (bicyclic) bond motifs is 1. The smallest absolute Gasteiger partial charge is 0.322 e. The lowest BCUT2D eigenvalue weighted by molar-refractivity contribution is -0.140. The van der Waals surface area contributed by atoms with Crippen molar-refractivity contribution in [3.05, 3.63) is 48.0 Å². The third-order valence-corrected chi connectivity index (χ3v) is 4.51. The largest absolute Gasteiger partial charge is 0.480 e. The minimum Gasteiger partial charge on any atom is -0.480 e. The van der Waals surface area contributed by atoms with Gasteiger partial charge < -0.3 is 15.3 Å². The second-order valence-electron chi connectivity index (χ2n) is 6.17. The van der Waals surface area contributed by atoms with E-state index in [4.69, 9.17) is 5.11 Å². The van der Waals surface area contributed by atoms with E-state index in [1.165, 1.54) is 0 Å². The number of benzene rings is 2. The van der Waals surface area contributed by atoms with E-state index in [0.29, 0.717) is 13.0 Å². The van der Waals surface area contributed by atoms with Crippen molar-refractivity contribution in [3.8, 4) is 0 Å². The van der Waals surface area contributed by atoms with Crippen LogP contribution in [0.3, 0.4) is 0 Å². The fraction of sp³-hybridized carbons (Fsp3) is 0.316. The van der Waals surface area contributed by atoms with Crippen LogP contribution in [0.25, 0.3) is 10.8 Å². The number of aliphatic carboxylic acids is 1. The number of carboxylic acid groups (broad SMARTS) is 1. The first-order valence-corrected chi connectivity index (χ1v) is 8.32. The van der Waals surface area contributed by atoms with Gasteiger partial charge in [-0.1, -0.05) is 42.5 Å². The molecule has 0 saturated carbocycles. The molecule has 1 fully saturated rings. The van der Waals surface area contributed by atoms with Crippen molar-refractivity contribution in [3.63, 3.8) is 0 Å². The maximum atomic E-state index is 12.7. The number of rotatable bonds is 5. The van der Waals surface area contributed by atoms with E-state index in [0.717, 1.165) is 22.8 Å². The maximum absolute atomic E-state index is 12.7. The standard InChI is InChI=1S/C19H20N2O4/c22-17(11-14-7-3-6-13-5-1-2-8-15(13)14)21-10-4-9-16(21)19(25)20-12-18(23)24/h1-3,5-8,16H,4,9-12H2,(H,20,25)(H,23,24)/t16-/m0/s1. The number of carboxylic acids is 1. The molecule has 1 aliphatic rings. The van der Waals surface area contributed by atoms with E-state index >= 15 is 0 Å². The van der Waals surface area contributed by atoms with E-state index in [2.05, 4.69) is 5.32 Å². The van der Waals surface area contributed by atoms with Crippen LogP contribution in [0.5, 0.6) is 0 Å². The highest BCUT2D eigenvalue weighted by molar-refractivity contribution is 5.93. The molecule has 130 valence electrons. The van der Waals surface area contributed by atoms with E-state index in [9.17, 15) is 14.4 Å². The van der Waals surface area contributed by atoms with Crippen molar-refractivity contribution in [2.45, 2.75) is 25.3 Å². The molecule has 1 saturated heterocycles. The summed E-state index contributed by atoms with van der Waals surface area (Å²) in [5, 5.41) is 13.2. The van der Waals surface area contributed by atoms with E-state index in [1.807, 2.05) is 42.5 Å². The SMILES string of the molecule is O=C(O)CNC(=O)[C@@H]1CCCN1C(=O)Cc1cccc2ccccc12. The fourth-order valence-electron chi connectivity index (χ4n) is 3.33. The molecule has 0 radical (unpaired) electrons. The van der Waals surface area contributed by atoms with Gasteiger partial charge in [0, 0.05) is 6.54 Å². The zero-order valence-electron chi connectivity index (χ0n) is 13.8. The molecule has 0 aliphatic carbocycles. The van der Waals surface area contributed by atoms with Crippen LogP contribution in [-0.4, -0.2) is 46.9 Å². The number of carbonyl (C=O) groups is 3. The van der Waals surface area contributed by atoms with E-state index < -0.39 is 24.5 Å². The fourth-order valence-corrected chi connectivity index (χ4v) is 3.33. The van der Waals surface area contributed by atoms with Gasteiger partial charge in [0.05, 0.1) is 6.42 Å². The summed E-state index contributed by atoms with van der Waals surface area (Å²) in [4.78, 5) is 37.1. The molecule has 2 aromatic rings. The first-order valence-electron chi connectivity index (χ1n) is 8.32. The second-order valence-corrected chi connectivity index (χ2v) is 6.17. The molecule has 0 aromatic heterocycles.